The third-order valence-corrected chi connectivity index (χ3v) is 3.57. The van der Waals surface area contributed by atoms with E-state index in [0.29, 0.717) is 0 Å². The first kappa shape index (κ1) is 13.8. The molecule has 1 heterocycles. The Bertz CT molecular complexity index is 456. The van der Waals surface area contributed by atoms with Crippen molar-refractivity contribution < 1.29 is 9.72 Å². The average molecular weight is 304 g/mol. The van der Waals surface area contributed by atoms with Crippen molar-refractivity contribution in [2.45, 2.75) is 27.2 Å². The monoisotopic (exact) mass is 303 g/mol. The predicted octanol–water partition coefficient (Wildman–Crippen LogP) is 2.21. The van der Waals surface area contributed by atoms with Gasteiger partial charge in [0, 0.05) is 17.3 Å². The Kier molecular flexibility index (Phi) is 4.39. The fourth-order valence-corrected chi connectivity index (χ4v) is 1.82. The van der Waals surface area contributed by atoms with Crippen LogP contribution in [-0.4, -0.2) is 27.2 Å². The van der Waals surface area contributed by atoms with E-state index in [1.54, 1.807) is 20.8 Å². The SMILES string of the molecule is Cc1nn(C(=O)CC(C)C[N+](=O)[O-])c(C)c1Br. The van der Waals surface area contributed by atoms with E-state index in [9.17, 15) is 14.9 Å². The van der Waals surface area contributed by atoms with E-state index in [0.717, 1.165) is 15.9 Å². The van der Waals surface area contributed by atoms with Gasteiger partial charge in [-0.3, -0.25) is 14.9 Å². The number of carbonyl (C=O) groups is 1. The first-order chi connectivity index (χ1) is 7.82. The lowest BCUT2D eigenvalue weighted by molar-refractivity contribution is -0.487. The molecule has 1 unspecified atom stereocenters. The summed E-state index contributed by atoms with van der Waals surface area (Å²) in [5.74, 6) is -0.508. The smallest absolute Gasteiger partial charge is 0.247 e. The highest BCUT2D eigenvalue weighted by Crippen LogP contribution is 2.20. The molecule has 0 bridgehead atoms. The molecule has 1 rings (SSSR count). The fraction of sp³-hybridized carbons (Fsp3) is 0.600. The second-order valence-electron chi connectivity index (χ2n) is 4.11. The molecule has 0 saturated heterocycles. The summed E-state index contributed by atoms with van der Waals surface area (Å²) in [5.41, 5.74) is 1.46. The summed E-state index contributed by atoms with van der Waals surface area (Å²) in [5, 5.41) is 14.4. The van der Waals surface area contributed by atoms with Crippen LogP contribution in [0.25, 0.3) is 0 Å². The van der Waals surface area contributed by atoms with Crippen molar-refractivity contribution in [3.63, 3.8) is 0 Å². The van der Waals surface area contributed by atoms with Crippen molar-refractivity contribution in [2.24, 2.45) is 5.92 Å². The second kappa shape index (κ2) is 5.39. The molecule has 0 N–H and O–H groups in total. The second-order valence-corrected chi connectivity index (χ2v) is 4.91. The minimum Gasteiger partial charge on any atom is -0.273 e. The van der Waals surface area contributed by atoms with Crippen LogP contribution >= 0.6 is 15.9 Å². The maximum absolute atomic E-state index is 11.9. The van der Waals surface area contributed by atoms with E-state index < -0.39 is 4.92 Å². The Morgan fingerprint density at radius 1 is 1.59 bits per heavy atom. The van der Waals surface area contributed by atoms with E-state index in [1.807, 2.05) is 0 Å². The number of aromatic nitrogens is 2. The number of carbonyl (C=O) groups excluding carboxylic acids is 1. The molecule has 0 saturated carbocycles. The van der Waals surface area contributed by atoms with Crippen LogP contribution in [0.3, 0.4) is 0 Å². The summed E-state index contributed by atoms with van der Waals surface area (Å²) in [7, 11) is 0. The predicted molar refractivity (Wildman–Crippen MR) is 65.7 cm³/mol. The van der Waals surface area contributed by atoms with Gasteiger partial charge in [0.05, 0.1) is 15.9 Å². The van der Waals surface area contributed by atoms with Crippen molar-refractivity contribution in [3.05, 3.63) is 26.0 Å². The molecule has 0 amide bonds. The van der Waals surface area contributed by atoms with Gasteiger partial charge in [-0.05, 0) is 29.8 Å². The minimum absolute atomic E-state index is 0.120. The lowest BCUT2D eigenvalue weighted by atomic mass is 10.1. The molecule has 1 aromatic rings. The van der Waals surface area contributed by atoms with E-state index >= 15 is 0 Å². The summed E-state index contributed by atoms with van der Waals surface area (Å²) in [4.78, 5) is 21.8. The average Bonchev–Trinajstić information content (AvgIpc) is 2.44. The van der Waals surface area contributed by atoms with E-state index in [2.05, 4.69) is 21.0 Å². The highest BCUT2D eigenvalue weighted by Gasteiger charge is 2.19. The number of nitro groups is 1. The molecule has 7 heteroatoms. The van der Waals surface area contributed by atoms with Gasteiger partial charge in [0.1, 0.15) is 0 Å². The van der Waals surface area contributed by atoms with Crippen LogP contribution in [0.4, 0.5) is 0 Å². The highest BCUT2D eigenvalue weighted by molar-refractivity contribution is 9.10. The summed E-state index contributed by atoms with van der Waals surface area (Å²) in [6, 6.07) is 0. The number of nitrogens with zero attached hydrogens (tertiary/aromatic N) is 3. The summed E-state index contributed by atoms with van der Waals surface area (Å²) in [6.45, 7) is 5.05. The maximum atomic E-state index is 11.9. The number of halogens is 1. The molecule has 0 fully saturated rings. The summed E-state index contributed by atoms with van der Waals surface area (Å²) < 4.78 is 2.10. The molecule has 0 aliphatic rings. The van der Waals surface area contributed by atoms with Crippen LogP contribution < -0.4 is 0 Å². The molecule has 0 aliphatic heterocycles. The van der Waals surface area contributed by atoms with Gasteiger partial charge in [-0.25, -0.2) is 4.68 Å². The number of hydrogen-bond acceptors (Lipinski definition) is 4. The van der Waals surface area contributed by atoms with Crippen LogP contribution in [-0.2, 0) is 0 Å². The summed E-state index contributed by atoms with van der Waals surface area (Å²) >= 11 is 3.33. The largest absolute Gasteiger partial charge is 0.273 e. The molecular formula is C10H14BrN3O3. The molecule has 0 radical (unpaired) electrons. The van der Waals surface area contributed by atoms with Crippen LogP contribution in [0.2, 0.25) is 0 Å². The van der Waals surface area contributed by atoms with Gasteiger partial charge >= 0.3 is 0 Å². The Labute approximate surface area is 107 Å². The van der Waals surface area contributed by atoms with Gasteiger partial charge in [-0.1, -0.05) is 6.92 Å². The standard InChI is InChI=1S/C10H14BrN3O3/c1-6(5-13(16)17)4-9(15)14-8(3)10(11)7(2)12-14/h6H,4-5H2,1-3H3. The number of aryl methyl sites for hydroxylation is 1. The molecule has 0 aromatic carbocycles. The van der Waals surface area contributed by atoms with Gasteiger partial charge < -0.3 is 0 Å². The molecule has 17 heavy (non-hydrogen) atoms. The Balaban J connectivity index is 2.76. The first-order valence-electron chi connectivity index (χ1n) is 5.19. The van der Waals surface area contributed by atoms with Crippen molar-refractivity contribution in [2.75, 3.05) is 6.54 Å². The first-order valence-corrected chi connectivity index (χ1v) is 5.99. The fourth-order valence-electron chi connectivity index (χ4n) is 1.57. The van der Waals surface area contributed by atoms with E-state index in [1.165, 1.54) is 4.68 Å². The normalized spacial score (nSPS) is 12.5. The third-order valence-electron chi connectivity index (χ3n) is 2.42. The molecule has 1 atom stereocenters. The molecule has 0 aliphatic carbocycles. The van der Waals surface area contributed by atoms with Gasteiger partial charge in [0.2, 0.25) is 12.5 Å². The van der Waals surface area contributed by atoms with Crippen LogP contribution in [0.5, 0.6) is 0 Å². The Hall–Kier alpha value is -1.24. The van der Waals surface area contributed by atoms with Crippen molar-refractivity contribution >= 4 is 21.8 Å². The lowest BCUT2D eigenvalue weighted by Gasteiger charge is -2.06. The minimum atomic E-state index is -0.408. The van der Waals surface area contributed by atoms with Crippen LogP contribution in [0.1, 0.15) is 29.5 Å². The van der Waals surface area contributed by atoms with Gasteiger partial charge in [-0.15, -0.1) is 0 Å². The van der Waals surface area contributed by atoms with Gasteiger partial charge in [-0.2, -0.15) is 5.10 Å². The van der Waals surface area contributed by atoms with E-state index in [4.69, 9.17) is 0 Å². The summed E-state index contributed by atoms with van der Waals surface area (Å²) in [6.07, 6.45) is 0.120. The van der Waals surface area contributed by atoms with Crippen LogP contribution in [0.15, 0.2) is 4.47 Å². The van der Waals surface area contributed by atoms with Gasteiger partial charge in [0.25, 0.3) is 0 Å². The molecular weight excluding hydrogens is 290 g/mol. The molecule has 0 spiro atoms. The maximum Gasteiger partial charge on any atom is 0.247 e. The van der Waals surface area contributed by atoms with Gasteiger partial charge in [0.15, 0.2) is 0 Å². The number of rotatable bonds is 4. The topological polar surface area (TPSA) is 78.0 Å². The van der Waals surface area contributed by atoms with Crippen LogP contribution in [0, 0.1) is 29.9 Å². The zero-order valence-corrected chi connectivity index (χ0v) is 11.5. The highest BCUT2D eigenvalue weighted by atomic mass is 79.9. The zero-order valence-electron chi connectivity index (χ0n) is 9.94. The van der Waals surface area contributed by atoms with E-state index in [-0.39, 0.29) is 24.8 Å². The Morgan fingerprint density at radius 2 is 2.18 bits per heavy atom. The quantitative estimate of drug-likeness (QED) is 0.631. The molecule has 6 nitrogen and oxygen atoms in total. The Morgan fingerprint density at radius 3 is 2.59 bits per heavy atom. The van der Waals surface area contributed by atoms with Crippen molar-refractivity contribution in [1.82, 2.24) is 9.78 Å². The van der Waals surface area contributed by atoms with Crippen molar-refractivity contribution in [3.8, 4) is 0 Å². The molecule has 94 valence electrons. The van der Waals surface area contributed by atoms with Crippen molar-refractivity contribution in [1.29, 1.82) is 0 Å². The third kappa shape index (κ3) is 3.36. The number of hydrogen-bond donors (Lipinski definition) is 0. The molecule has 1 aromatic heterocycles. The lowest BCUT2D eigenvalue weighted by Crippen LogP contribution is -2.21. The zero-order chi connectivity index (χ0) is 13.2.